The molecule has 3 aromatic rings. The second-order valence-electron chi connectivity index (χ2n) is 5.71. The molecule has 0 spiro atoms. The van der Waals surface area contributed by atoms with Gasteiger partial charge < -0.3 is 15.5 Å². The highest BCUT2D eigenvalue weighted by atomic mass is 16.4. The lowest BCUT2D eigenvalue weighted by Crippen LogP contribution is -2.12. The van der Waals surface area contributed by atoms with Gasteiger partial charge in [-0.3, -0.25) is 9.72 Å². The number of carbonyl (C=O) groups is 1. The maximum atomic E-state index is 11.0. The van der Waals surface area contributed by atoms with Gasteiger partial charge in [0, 0.05) is 18.4 Å². The number of nitrogens with zero attached hydrogens (tertiary/aromatic N) is 2. The molecular formula is C18H20N4O3. The van der Waals surface area contributed by atoms with Crippen molar-refractivity contribution in [2.75, 3.05) is 10.6 Å². The molecule has 0 radical (unpaired) electrons. The second kappa shape index (κ2) is 6.82. The smallest absolute Gasteiger partial charge is 0.409 e. The lowest BCUT2D eigenvalue weighted by atomic mass is 10.1. The highest BCUT2D eigenvalue weighted by Gasteiger charge is 2.12. The van der Waals surface area contributed by atoms with Crippen LogP contribution in [0, 0.1) is 13.8 Å². The molecule has 1 aromatic carbocycles. The lowest BCUT2D eigenvalue weighted by Gasteiger charge is -2.14. The van der Waals surface area contributed by atoms with Crippen molar-refractivity contribution >= 4 is 23.1 Å². The van der Waals surface area contributed by atoms with Crippen LogP contribution in [0.1, 0.15) is 23.9 Å². The summed E-state index contributed by atoms with van der Waals surface area (Å²) in [5, 5.41) is 24.4. The third kappa shape index (κ3) is 3.27. The molecule has 0 aliphatic carbocycles. The normalized spacial score (nSPS) is 12.7. The molecule has 1 unspecified atom stereocenters. The number of anilines is 2. The maximum absolute atomic E-state index is 11.0. The van der Waals surface area contributed by atoms with Gasteiger partial charge in [0.1, 0.15) is 0 Å². The van der Waals surface area contributed by atoms with Gasteiger partial charge in [-0.15, -0.1) is 0 Å². The van der Waals surface area contributed by atoms with E-state index in [4.69, 9.17) is 6.48 Å². The summed E-state index contributed by atoms with van der Waals surface area (Å²) in [6.45, 7) is 2.69. The number of aliphatic hydroxyl groups is 1. The standard InChI is InChI=1S/C18H20N4O3/c1-11-5-3-6-14(21-18(24)25)13(11)9-19-15-7-4-8-22-16(10-23)12(2)20-17(15)22/h3-8,19,21,23H,9-10H2,1-2H3,(H,24,25)/i10D. The number of imidazole rings is 1. The Bertz CT molecular complexity index is 968. The molecule has 4 N–H and O–H groups in total. The summed E-state index contributed by atoms with van der Waals surface area (Å²) in [6, 6.07) is 9.08. The predicted molar refractivity (Wildman–Crippen MR) is 96.0 cm³/mol. The Kier molecular flexibility index (Phi) is 4.22. The predicted octanol–water partition coefficient (Wildman–Crippen LogP) is 3.15. The van der Waals surface area contributed by atoms with Crippen molar-refractivity contribution in [1.82, 2.24) is 9.38 Å². The number of nitrogens with one attached hydrogen (secondary N) is 2. The van der Waals surface area contributed by atoms with Gasteiger partial charge in [0.2, 0.25) is 0 Å². The van der Waals surface area contributed by atoms with Gasteiger partial charge in [-0.05, 0) is 43.2 Å². The number of pyridine rings is 1. The molecule has 0 fully saturated rings. The van der Waals surface area contributed by atoms with Crippen LogP contribution in [-0.4, -0.2) is 25.7 Å². The van der Waals surface area contributed by atoms with Crippen LogP contribution in [0.3, 0.4) is 0 Å². The number of fused-ring (bicyclic) bond motifs is 1. The third-order valence-electron chi connectivity index (χ3n) is 4.10. The average Bonchev–Trinajstić information content (AvgIpc) is 2.90. The van der Waals surface area contributed by atoms with Crippen LogP contribution in [0.5, 0.6) is 0 Å². The van der Waals surface area contributed by atoms with Crippen molar-refractivity contribution in [1.29, 1.82) is 0 Å². The first-order valence-corrected chi connectivity index (χ1v) is 7.78. The molecule has 130 valence electrons. The fourth-order valence-electron chi connectivity index (χ4n) is 2.85. The maximum Gasteiger partial charge on any atom is 0.409 e. The average molecular weight is 341 g/mol. The Hall–Kier alpha value is -3.06. The van der Waals surface area contributed by atoms with Crippen LogP contribution in [0.2, 0.25) is 0 Å². The van der Waals surface area contributed by atoms with Crippen LogP contribution < -0.4 is 10.6 Å². The molecule has 0 aliphatic heterocycles. The Balaban J connectivity index is 1.94. The summed E-state index contributed by atoms with van der Waals surface area (Å²) in [4.78, 5) is 15.4. The summed E-state index contributed by atoms with van der Waals surface area (Å²) < 4.78 is 9.28. The van der Waals surface area contributed by atoms with E-state index in [2.05, 4.69) is 15.6 Å². The van der Waals surface area contributed by atoms with Gasteiger partial charge in [0.15, 0.2) is 5.65 Å². The van der Waals surface area contributed by atoms with E-state index in [1.54, 1.807) is 35.7 Å². The van der Waals surface area contributed by atoms with E-state index in [0.29, 0.717) is 29.3 Å². The number of amides is 1. The minimum absolute atomic E-state index is 0.395. The minimum Gasteiger partial charge on any atom is -0.465 e. The van der Waals surface area contributed by atoms with Crippen molar-refractivity contribution in [2.24, 2.45) is 0 Å². The van der Waals surface area contributed by atoms with E-state index in [0.717, 1.165) is 16.8 Å². The van der Waals surface area contributed by atoms with Crippen molar-refractivity contribution in [3.8, 4) is 0 Å². The van der Waals surface area contributed by atoms with Gasteiger partial charge >= 0.3 is 6.09 Å². The number of aryl methyl sites for hydroxylation is 2. The van der Waals surface area contributed by atoms with Crippen molar-refractivity contribution in [3.05, 3.63) is 59.0 Å². The molecule has 0 aliphatic rings. The number of aromatic nitrogens is 2. The van der Waals surface area contributed by atoms with Crippen LogP contribution in [0.15, 0.2) is 36.5 Å². The van der Waals surface area contributed by atoms with Crippen LogP contribution >= 0.6 is 0 Å². The van der Waals surface area contributed by atoms with Crippen LogP contribution in [0.4, 0.5) is 16.2 Å². The molecule has 0 saturated heterocycles. The Morgan fingerprint density at radius 2 is 2.04 bits per heavy atom. The molecule has 1 amide bonds. The number of carboxylic acid groups (broad SMARTS) is 1. The highest BCUT2D eigenvalue weighted by Crippen LogP contribution is 2.24. The molecule has 7 nitrogen and oxygen atoms in total. The van der Waals surface area contributed by atoms with E-state index < -0.39 is 12.7 Å². The molecule has 2 heterocycles. The van der Waals surface area contributed by atoms with Crippen molar-refractivity contribution in [3.63, 3.8) is 0 Å². The number of aliphatic hydroxyl groups excluding tert-OH is 1. The zero-order chi connectivity index (χ0) is 18.8. The van der Waals surface area contributed by atoms with E-state index in [1.165, 1.54) is 0 Å². The monoisotopic (exact) mass is 341 g/mol. The lowest BCUT2D eigenvalue weighted by molar-refractivity contribution is 0.209. The van der Waals surface area contributed by atoms with E-state index in [9.17, 15) is 9.90 Å². The van der Waals surface area contributed by atoms with E-state index in [1.807, 2.05) is 19.1 Å². The number of hydrogen-bond donors (Lipinski definition) is 4. The van der Waals surface area contributed by atoms with E-state index in [-0.39, 0.29) is 0 Å². The third-order valence-corrected chi connectivity index (χ3v) is 4.10. The highest BCUT2D eigenvalue weighted by molar-refractivity contribution is 5.84. The van der Waals surface area contributed by atoms with Gasteiger partial charge in [-0.2, -0.15) is 0 Å². The fraction of sp³-hybridized carbons (Fsp3) is 0.222. The molecule has 2 aromatic heterocycles. The fourth-order valence-corrected chi connectivity index (χ4v) is 2.85. The first kappa shape index (κ1) is 15.5. The summed E-state index contributed by atoms with van der Waals surface area (Å²) >= 11 is 0. The minimum atomic E-state index is -1.37. The summed E-state index contributed by atoms with van der Waals surface area (Å²) in [7, 11) is 0. The number of hydrogen-bond acceptors (Lipinski definition) is 4. The summed E-state index contributed by atoms with van der Waals surface area (Å²) in [6.07, 6.45) is 0.635. The Labute approximate surface area is 146 Å². The zero-order valence-electron chi connectivity index (χ0n) is 14.9. The van der Waals surface area contributed by atoms with Gasteiger partial charge in [-0.1, -0.05) is 12.1 Å². The van der Waals surface area contributed by atoms with Gasteiger partial charge in [-0.25, -0.2) is 9.78 Å². The van der Waals surface area contributed by atoms with Crippen molar-refractivity contribution < 1.29 is 16.4 Å². The molecular weight excluding hydrogens is 320 g/mol. The Morgan fingerprint density at radius 1 is 1.28 bits per heavy atom. The molecule has 0 saturated carbocycles. The summed E-state index contributed by atoms with van der Waals surface area (Å²) in [5.41, 5.74) is 4.66. The quantitative estimate of drug-likeness (QED) is 0.571. The molecule has 25 heavy (non-hydrogen) atoms. The van der Waals surface area contributed by atoms with Gasteiger partial charge in [0.05, 0.1) is 25.0 Å². The number of rotatable bonds is 5. The zero-order valence-corrected chi connectivity index (χ0v) is 13.9. The number of benzene rings is 1. The first-order valence-electron chi connectivity index (χ1n) is 8.36. The second-order valence-corrected chi connectivity index (χ2v) is 5.71. The molecule has 0 bridgehead atoms. The van der Waals surface area contributed by atoms with Crippen LogP contribution in [0.25, 0.3) is 5.65 Å². The first-order chi connectivity index (χ1) is 12.4. The topological polar surface area (TPSA) is 98.9 Å². The summed E-state index contributed by atoms with van der Waals surface area (Å²) in [5.74, 6) is 0. The largest absolute Gasteiger partial charge is 0.465 e. The van der Waals surface area contributed by atoms with Gasteiger partial charge in [0.25, 0.3) is 0 Å². The van der Waals surface area contributed by atoms with E-state index >= 15 is 0 Å². The SMILES string of the molecule is [2H]C(O)c1c(C)nc2c(NCc3c(C)cccc3NC(=O)O)cccn12. The van der Waals surface area contributed by atoms with Crippen LogP contribution in [-0.2, 0) is 13.1 Å². The molecule has 1 atom stereocenters. The Morgan fingerprint density at radius 3 is 2.76 bits per heavy atom. The molecule has 3 rings (SSSR count). The van der Waals surface area contributed by atoms with Crippen molar-refractivity contribution in [2.45, 2.75) is 27.0 Å². The molecule has 7 heteroatoms.